The third-order valence-corrected chi connectivity index (χ3v) is 4.06. The Morgan fingerprint density at radius 1 is 1.35 bits per heavy atom. The van der Waals surface area contributed by atoms with Gasteiger partial charge in [0.05, 0.1) is 7.11 Å². The van der Waals surface area contributed by atoms with Crippen LogP contribution in [0.4, 0.5) is 13.2 Å². The van der Waals surface area contributed by atoms with Crippen molar-refractivity contribution in [2.24, 2.45) is 0 Å². The quantitative estimate of drug-likeness (QED) is 0.902. The molecular formula is C16H21F3N2O2. The molecule has 23 heavy (non-hydrogen) atoms. The standard InChI is InChI=1S/C16H21F3N2O2/c1-15(2)10-14(22)20-21(15)13(16(17,18)19)9-8-11-6-4-5-7-12(11)23-3/h4-7,13H,8-10H2,1-3H3,(H,20,22). The van der Waals surface area contributed by atoms with E-state index < -0.39 is 17.8 Å². The second kappa shape index (κ2) is 6.39. The number of rotatable bonds is 5. The van der Waals surface area contributed by atoms with E-state index in [4.69, 9.17) is 4.74 Å². The van der Waals surface area contributed by atoms with Crippen LogP contribution in [0.1, 0.15) is 32.3 Å². The van der Waals surface area contributed by atoms with E-state index in [1.165, 1.54) is 7.11 Å². The number of methoxy groups -OCH3 is 1. The first-order valence-corrected chi connectivity index (χ1v) is 7.42. The van der Waals surface area contributed by atoms with E-state index >= 15 is 0 Å². The van der Waals surface area contributed by atoms with Crippen LogP contribution in [0.25, 0.3) is 0 Å². The number of alkyl halides is 3. The summed E-state index contributed by atoms with van der Waals surface area (Å²) in [4.78, 5) is 11.5. The zero-order valence-corrected chi connectivity index (χ0v) is 13.4. The summed E-state index contributed by atoms with van der Waals surface area (Å²) in [5.74, 6) is 0.180. The molecule has 1 amide bonds. The fourth-order valence-electron chi connectivity index (χ4n) is 2.94. The molecule has 128 valence electrons. The Kier molecular flexibility index (Phi) is 4.89. The van der Waals surface area contributed by atoms with Crippen molar-refractivity contribution in [2.75, 3.05) is 7.11 Å². The van der Waals surface area contributed by atoms with Crippen molar-refractivity contribution in [3.05, 3.63) is 29.8 Å². The highest BCUT2D eigenvalue weighted by atomic mass is 19.4. The van der Waals surface area contributed by atoms with Gasteiger partial charge in [-0.3, -0.25) is 10.2 Å². The van der Waals surface area contributed by atoms with E-state index in [-0.39, 0.29) is 25.2 Å². The zero-order valence-electron chi connectivity index (χ0n) is 13.4. The second-order valence-electron chi connectivity index (χ2n) is 6.30. The zero-order chi connectivity index (χ0) is 17.3. The first-order chi connectivity index (χ1) is 10.6. The molecule has 4 nitrogen and oxygen atoms in total. The number of aryl methyl sites for hydroxylation is 1. The number of nitrogens with zero attached hydrogens (tertiary/aromatic N) is 1. The maximum atomic E-state index is 13.5. The van der Waals surface area contributed by atoms with Gasteiger partial charge < -0.3 is 4.74 Å². The van der Waals surface area contributed by atoms with Gasteiger partial charge in [0.1, 0.15) is 11.8 Å². The Labute approximate surface area is 133 Å². The van der Waals surface area contributed by atoms with Gasteiger partial charge in [-0.05, 0) is 38.3 Å². The third-order valence-electron chi connectivity index (χ3n) is 4.06. The number of hydrogen-bond donors (Lipinski definition) is 1. The average Bonchev–Trinajstić information content (AvgIpc) is 2.71. The largest absolute Gasteiger partial charge is 0.496 e. The number of halogens is 3. The fourth-order valence-corrected chi connectivity index (χ4v) is 2.94. The molecule has 1 N–H and O–H groups in total. The molecule has 1 aromatic carbocycles. The highest BCUT2D eigenvalue weighted by molar-refractivity contribution is 5.78. The minimum atomic E-state index is -4.43. The minimum Gasteiger partial charge on any atom is -0.496 e. The lowest BCUT2D eigenvalue weighted by atomic mass is 9.97. The maximum Gasteiger partial charge on any atom is 0.405 e. The number of carbonyl (C=O) groups is 1. The summed E-state index contributed by atoms with van der Waals surface area (Å²) in [6.07, 6.45) is -4.34. The van der Waals surface area contributed by atoms with Crippen LogP contribution in [-0.4, -0.2) is 35.8 Å². The number of nitrogens with one attached hydrogen (secondary N) is 1. The van der Waals surface area contributed by atoms with Crippen LogP contribution >= 0.6 is 0 Å². The van der Waals surface area contributed by atoms with Crippen molar-refractivity contribution in [1.29, 1.82) is 0 Å². The van der Waals surface area contributed by atoms with Crippen LogP contribution in [-0.2, 0) is 11.2 Å². The lowest BCUT2D eigenvalue weighted by Crippen LogP contribution is -2.56. The van der Waals surface area contributed by atoms with E-state index in [0.717, 1.165) is 5.01 Å². The van der Waals surface area contributed by atoms with E-state index in [1.807, 2.05) is 0 Å². The Balaban J connectivity index is 2.19. The first-order valence-electron chi connectivity index (χ1n) is 7.42. The van der Waals surface area contributed by atoms with Crippen LogP contribution < -0.4 is 10.2 Å². The first kappa shape index (κ1) is 17.6. The molecule has 0 aromatic heterocycles. The number of para-hydroxylation sites is 1. The molecule has 2 rings (SSSR count). The van der Waals surface area contributed by atoms with Gasteiger partial charge in [-0.25, -0.2) is 5.01 Å². The predicted molar refractivity (Wildman–Crippen MR) is 79.8 cm³/mol. The van der Waals surface area contributed by atoms with E-state index in [9.17, 15) is 18.0 Å². The van der Waals surface area contributed by atoms with Crippen molar-refractivity contribution < 1.29 is 22.7 Å². The summed E-state index contributed by atoms with van der Waals surface area (Å²) >= 11 is 0. The number of carbonyl (C=O) groups excluding carboxylic acids is 1. The average molecular weight is 330 g/mol. The molecule has 1 atom stereocenters. The van der Waals surface area contributed by atoms with Crippen molar-refractivity contribution in [1.82, 2.24) is 10.4 Å². The summed E-state index contributed by atoms with van der Waals surface area (Å²) in [5.41, 5.74) is 2.20. The van der Waals surface area contributed by atoms with E-state index in [2.05, 4.69) is 5.43 Å². The molecule has 1 unspecified atom stereocenters. The van der Waals surface area contributed by atoms with Crippen LogP contribution in [0.2, 0.25) is 0 Å². The van der Waals surface area contributed by atoms with Crippen LogP contribution in [0.15, 0.2) is 24.3 Å². The van der Waals surface area contributed by atoms with Crippen molar-refractivity contribution >= 4 is 5.91 Å². The lowest BCUT2D eigenvalue weighted by molar-refractivity contribution is -0.202. The molecule has 1 heterocycles. The third kappa shape index (κ3) is 3.96. The molecule has 0 saturated carbocycles. The van der Waals surface area contributed by atoms with Gasteiger partial charge >= 0.3 is 6.18 Å². The topological polar surface area (TPSA) is 41.6 Å². The number of hydrazine groups is 1. The van der Waals surface area contributed by atoms with Crippen LogP contribution in [0.5, 0.6) is 5.75 Å². The number of ether oxygens (including phenoxy) is 1. The minimum absolute atomic E-state index is 0.0498. The molecule has 1 aliphatic heterocycles. The molecule has 7 heteroatoms. The van der Waals surface area contributed by atoms with Gasteiger partial charge in [0.15, 0.2) is 0 Å². The van der Waals surface area contributed by atoms with Gasteiger partial charge in [0.25, 0.3) is 0 Å². The summed E-state index contributed by atoms with van der Waals surface area (Å²) in [6.45, 7) is 3.26. The molecule has 1 aromatic rings. The van der Waals surface area contributed by atoms with Gasteiger partial charge in [-0.1, -0.05) is 18.2 Å². The van der Waals surface area contributed by atoms with Gasteiger partial charge in [-0.2, -0.15) is 13.2 Å². The Morgan fingerprint density at radius 2 is 2.00 bits per heavy atom. The van der Waals surface area contributed by atoms with Crippen molar-refractivity contribution in [3.63, 3.8) is 0 Å². The Hall–Kier alpha value is -1.76. The van der Waals surface area contributed by atoms with Gasteiger partial charge in [0.2, 0.25) is 5.91 Å². The predicted octanol–water partition coefficient (Wildman–Crippen LogP) is 3.07. The Bertz CT molecular complexity index is 573. The van der Waals surface area contributed by atoms with Gasteiger partial charge in [0, 0.05) is 12.0 Å². The number of hydrogen-bond acceptors (Lipinski definition) is 3. The smallest absolute Gasteiger partial charge is 0.405 e. The Morgan fingerprint density at radius 3 is 2.52 bits per heavy atom. The molecule has 0 spiro atoms. The van der Waals surface area contributed by atoms with E-state index in [0.29, 0.717) is 11.3 Å². The summed E-state index contributed by atoms with van der Waals surface area (Å²) in [6, 6.07) is 5.27. The van der Waals surface area contributed by atoms with Crippen molar-refractivity contribution in [3.8, 4) is 5.75 Å². The molecule has 1 aliphatic rings. The second-order valence-corrected chi connectivity index (χ2v) is 6.30. The summed E-state index contributed by atoms with van der Waals surface area (Å²) in [7, 11) is 1.49. The fraction of sp³-hybridized carbons (Fsp3) is 0.562. The molecule has 1 saturated heterocycles. The SMILES string of the molecule is COc1ccccc1CCC(N1NC(=O)CC1(C)C)C(F)(F)F. The van der Waals surface area contributed by atoms with E-state index in [1.54, 1.807) is 38.1 Å². The monoisotopic (exact) mass is 330 g/mol. The molecule has 0 aliphatic carbocycles. The molecule has 1 fully saturated rings. The summed E-state index contributed by atoms with van der Waals surface area (Å²) in [5, 5.41) is 1.05. The van der Waals surface area contributed by atoms with Gasteiger partial charge in [-0.15, -0.1) is 0 Å². The lowest BCUT2D eigenvalue weighted by Gasteiger charge is -2.37. The molecule has 0 bridgehead atoms. The van der Waals surface area contributed by atoms with Crippen molar-refractivity contribution in [2.45, 2.75) is 50.9 Å². The molecule has 0 radical (unpaired) electrons. The number of benzene rings is 1. The highest BCUT2D eigenvalue weighted by Crippen LogP contribution is 2.35. The van der Waals surface area contributed by atoms with Crippen LogP contribution in [0.3, 0.4) is 0 Å². The van der Waals surface area contributed by atoms with Crippen LogP contribution in [0, 0.1) is 0 Å². The maximum absolute atomic E-state index is 13.5. The highest BCUT2D eigenvalue weighted by Gasteiger charge is 2.51. The number of amides is 1. The molecular weight excluding hydrogens is 309 g/mol. The summed E-state index contributed by atoms with van der Waals surface area (Å²) < 4.78 is 45.7. The normalized spacial score (nSPS) is 19.5.